The van der Waals surface area contributed by atoms with Crippen LogP contribution in [0.3, 0.4) is 0 Å². The van der Waals surface area contributed by atoms with E-state index >= 15 is 0 Å². The minimum atomic E-state index is 0.195. The van der Waals surface area contributed by atoms with Gasteiger partial charge in [0.25, 0.3) is 0 Å². The highest BCUT2D eigenvalue weighted by Gasteiger charge is 2.36. The van der Waals surface area contributed by atoms with Gasteiger partial charge in [0.05, 0.1) is 7.11 Å². The molecule has 1 saturated carbocycles. The van der Waals surface area contributed by atoms with Crippen molar-refractivity contribution in [2.45, 2.75) is 52.0 Å². The summed E-state index contributed by atoms with van der Waals surface area (Å²) in [5.74, 6) is 1.93. The maximum Gasteiger partial charge on any atom is 0.122 e. The Hall–Kier alpha value is -0.730. The zero-order valence-corrected chi connectivity index (χ0v) is 13.7. The van der Waals surface area contributed by atoms with E-state index < -0.39 is 0 Å². The van der Waals surface area contributed by atoms with Gasteiger partial charge in [-0.3, -0.25) is 0 Å². The van der Waals surface area contributed by atoms with Crippen LogP contribution in [0.15, 0.2) is 18.2 Å². The lowest BCUT2D eigenvalue weighted by molar-refractivity contribution is 0.153. The van der Waals surface area contributed by atoms with Crippen molar-refractivity contribution in [2.75, 3.05) is 7.11 Å². The lowest BCUT2D eigenvalue weighted by atomic mass is 9.66. The van der Waals surface area contributed by atoms with Crippen LogP contribution < -0.4 is 10.5 Å². The summed E-state index contributed by atoms with van der Waals surface area (Å²) in [6.45, 7) is 6.96. The molecule has 2 rings (SSSR count). The molecule has 2 N–H and O–H groups in total. The van der Waals surface area contributed by atoms with E-state index in [0.29, 0.717) is 17.3 Å². The molecular formula is C17H26ClNO. The summed E-state index contributed by atoms with van der Waals surface area (Å²) in [5, 5.41) is 0.755. The highest BCUT2D eigenvalue weighted by atomic mass is 35.5. The minimum absolute atomic E-state index is 0.195. The zero-order chi connectivity index (χ0) is 14.9. The highest BCUT2D eigenvalue weighted by molar-refractivity contribution is 6.30. The summed E-state index contributed by atoms with van der Waals surface area (Å²) in [6.07, 6.45) is 3.40. The van der Waals surface area contributed by atoms with Gasteiger partial charge in [-0.1, -0.05) is 32.4 Å². The van der Waals surface area contributed by atoms with Gasteiger partial charge in [-0.2, -0.15) is 0 Å². The van der Waals surface area contributed by atoms with Crippen LogP contribution in [0.1, 0.15) is 51.5 Å². The molecule has 3 unspecified atom stereocenters. The van der Waals surface area contributed by atoms with Crippen molar-refractivity contribution in [1.82, 2.24) is 0 Å². The Morgan fingerprint density at radius 3 is 2.55 bits per heavy atom. The molecular weight excluding hydrogens is 270 g/mol. The number of methoxy groups -OCH3 is 1. The number of benzene rings is 1. The fourth-order valence-electron chi connectivity index (χ4n) is 3.33. The number of nitrogens with two attached hydrogens (primary N) is 1. The standard InChI is InChI=1S/C17H26ClNO/c1-17(2,3)11-5-7-15(19)13(9-11)14-10-12(18)6-8-16(14)20-4/h6,8,10-11,13,15H,5,7,9,19H2,1-4H3. The molecule has 3 atom stereocenters. The van der Waals surface area contributed by atoms with E-state index in [9.17, 15) is 0 Å². The molecule has 1 aliphatic carbocycles. The first-order valence-electron chi connectivity index (χ1n) is 7.42. The largest absolute Gasteiger partial charge is 0.496 e. The SMILES string of the molecule is COc1ccc(Cl)cc1C1CC(C(C)(C)C)CCC1N. The van der Waals surface area contributed by atoms with Crippen molar-refractivity contribution in [2.24, 2.45) is 17.1 Å². The second-order valence-electron chi connectivity index (χ2n) is 7.03. The van der Waals surface area contributed by atoms with Gasteiger partial charge < -0.3 is 10.5 Å². The van der Waals surface area contributed by atoms with Crippen molar-refractivity contribution >= 4 is 11.6 Å². The average molecular weight is 296 g/mol. The molecule has 0 heterocycles. The van der Waals surface area contributed by atoms with E-state index in [1.807, 2.05) is 18.2 Å². The predicted molar refractivity (Wildman–Crippen MR) is 85.5 cm³/mol. The lowest BCUT2D eigenvalue weighted by Crippen LogP contribution is -2.38. The molecule has 0 radical (unpaired) electrons. The number of halogens is 1. The number of ether oxygens (including phenoxy) is 1. The highest BCUT2D eigenvalue weighted by Crippen LogP contribution is 2.45. The minimum Gasteiger partial charge on any atom is -0.496 e. The van der Waals surface area contributed by atoms with Gasteiger partial charge in [0.15, 0.2) is 0 Å². The van der Waals surface area contributed by atoms with Crippen LogP contribution in [-0.2, 0) is 0 Å². The van der Waals surface area contributed by atoms with Crippen LogP contribution in [-0.4, -0.2) is 13.2 Å². The first-order chi connectivity index (χ1) is 9.32. The fraction of sp³-hybridized carbons (Fsp3) is 0.647. The Bertz CT molecular complexity index is 467. The fourth-order valence-corrected chi connectivity index (χ4v) is 3.51. The van der Waals surface area contributed by atoms with Crippen molar-refractivity contribution in [3.05, 3.63) is 28.8 Å². The molecule has 1 fully saturated rings. The monoisotopic (exact) mass is 295 g/mol. The van der Waals surface area contributed by atoms with E-state index in [0.717, 1.165) is 23.6 Å². The maximum absolute atomic E-state index is 6.39. The summed E-state index contributed by atoms with van der Waals surface area (Å²) in [5.41, 5.74) is 7.88. The van der Waals surface area contributed by atoms with Gasteiger partial charge in [-0.25, -0.2) is 0 Å². The summed E-state index contributed by atoms with van der Waals surface area (Å²) in [4.78, 5) is 0. The van der Waals surface area contributed by atoms with Gasteiger partial charge in [-0.15, -0.1) is 0 Å². The normalized spacial score (nSPS) is 27.4. The predicted octanol–water partition coefficient (Wildman–Crippen LogP) is 4.61. The van der Waals surface area contributed by atoms with Crippen molar-refractivity contribution in [1.29, 1.82) is 0 Å². The molecule has 0 saturated heterocycles. The van der Waals surface area contributed by atoms with Crippen molar-refractivity contribution < 1.29 is 4.74 Å². The smallest absolute Gasteiger partial charge is 0.122 e. The van der Waals surface area contributed by atoms with Crippen molar-refractivity contribution in [3.8, 4) is 5.75 Å². The summed E-state index contributed by atoms with van der Waals surface area (Å²) in [6, 6.07) is 6.04. The third-order valence-corrected chi connectivity index (χ3v) is 4.95. The lowest BCUT2D eigenvalue weighted by Gasteiger charge is -2.41. The summed E-state index contributed by atoms with van der Waals surface area (Å²) in [7, 11) is 1.71. The average Bonchev–Trinajstić information content (AvgIpc) is 2.38. The number of hydrogen-bond donors (Lipinski definition) is 1. The quantitative estimate of drug-likeness (QED) is 0.865. The first-order valence-corrected chi connectivity index (χ1v) is 7.79. The Morgan fingerprint density at radius 2 is 1.95 bits per heavy atom. The van der Waals surface area contributed by atoms with Gasteiger partial charge in [0, 0.05) is 22.5 Å². The van der Waals surface area contributed by atoms with E-state index in [1.54, 1.807) is 7.11 Å². The molecule has 1 aliphatic rings. The molecule has 0 aromatic heterocycles. The third kappa shape index (κ3) is 3.29. The van der Waals surface area contributed by atoms with Crippen LogP contribution in [0.25, 0.3) is 0 Å². The molecule has 20 heavy (non-hydrogen) atoms. The third-order valence-electron chi connectivity index (χ3n) is 4.72. The molecule has 0 spiro atoms. The van der Waals surface area contributed by atoms with Gasteiger partial charge >= 0.3 is 0 Å². The molecule has 1 aromatic carbocycles. The Labute approximate surface area is 127 Å². The molecule has 0 aliphatic heterocycles. The van der Waals surface area contributed by atoms with E-state index in [4.69, 9.17) is 22.1 Å². The number of rotatable bonds is 2. The molecule has 0 amide bonds. The van der Waals surface area contributed by atoms with Crippen LogP contribution in [0, 0.1) is 11.3 Å². The first kappa shape index (κ1) is 15.7. The topological polar surface area (TPSA) is 35.2 Å². The van der Waals surface area contributed by atoms with Crippen molar-refractivity contribution in [3.63, 3.8) is 0 Å². The zero-order valence-electron chi connectivity index (χ0n) is 12.9. The summed E-state index contributed by atoms with van der Waals surface area (Å²) < 4.78 is 5.51. The number of hydrogen-bond acceptors (Lipinski definition) is 2. The van der Waals surface area contributed by atoms with E-state index in [1.165, 1.54) is 12.0 Å². The molecule has 3 heteroatoms. The van der Waals surface area contributed by atoms with Gasteiger partial charge in [-0.05, 0) is 48.8 Å². The van der Waals surface area contributed by atoms with E-state index in [2.05, 4.69) is 20.8 Å². The van der Waals surface area contributed by atoms with Crippen LogP contribution >= 0.6 is 11.6 Å². The maximum atomic E-state index is 6.39. The second kappa shape index (κ2) is 5.95. The van der Waals surface area contributed by atoms with Crippen LogP contribution in [0.4, 0.5) is 0 Å². The second-order valence-corrected chi connectivity index (χ2v) is 7.47. The molecule has 1 aromatic rings. The Morgan fingerprint density at radius 1 is 1.25 bits per heavy atom. The van der Waals surface area contributed by atoms with Crippen LogP contribution in [0.2, 0.25) is 5.02 Å². The van der Waals surface area contributed by atoms with Gasteiger partial charge in [0.1, 0.15) is 5.75 Å². The van der Waals surface area contributed by atoms with Crippen LogP contribution in [0.5, 0.6) is 5.75 Å². The molecule has 112 valence electrons. The molecule has 2 nitrogen and oxygen atoms in total. The molecule has 0 bridgehead atoms. The van der Waals surface area contributed by atoms with Gasteiger partial charge in [0.2, 0.25) is 0 Å². The Kier molecular flexibility index (Phi) is 4.66. The van der Waals surface area contributed by atoms with E-state index in [-0.39, 0.29) is 6.04 Å². The Balaban J connectivity index is 2.32. The summed E-state index contributed by atoms with van der Waals surface area (Å²) >= 11 is 6.17.